The molecular weight excluding hydrogens is 314 g/mol. The van der Waals surface area contributed by atoms with Crippen LogP contribution in [0.25, 0.3) is 21.7 Å². The van der Waals surface area contributed by atoms with Crippen LogP contribution in [0, 0.1) is 0 Å². The van der Waals surface area contributed by atoms with Gasteiger partial charge >= 0.3 is 0 Å². The SMILES string of the molecule is NNC(=O)c1cn(C(=O)c2cccc3ccccc23)c2ccccc12. The van der Waals surface area contributed by atoms with Crippen molar-refractivity contribution in [3.63, 3.8) is 0 Å². The smallest absolute Gasteiger partial charge is 0.267 e. The molecule has 4 aromatic rings. The number of hydrazine groups is 1. The molecule has 1 heterocycles. The van der Waals surface area contributed by atoms with Crippen LogP contribution < -0.4 is 11.3 Å². The maximum Gasteiger partial charge on any atom is 0.267 e. The quantitative estimate of drug-likeness (QED) is 0.337. The fourth-order valence-electron chi connectivity index (χ4n) is 3.15. The van der Waals surface area contributed by atoms with Crippen molar-refractivity contribution in [3.05, 3.63) is 84.1 Å². The summed E-state index contributed by atoms with van der Waals surface area (Å²) in [6.07, 6.45) is 1.54. The van der Waals surface area contributed by atoms with E-state index in [9.17, 15) is 9.59 Å². The first-order valence-electron chi connectivity index (χ1n) is 7.84. The minimum atomic E-state index is -0.430. The third-order valence-corrected chi connectivity index (χ3v) is 4.33. The summed E-state index contributed by atoms with van der Waals surface area (Å²) in [5, 5.41) is 2.54. The zero-order chi connectivity index (χ0) is 17.4. The predicted molar refractivity (Wildman–Crippen MR) is 97.3 cm³/mol. The van der Waals surface area contributed by atoms with E-state index in [1.807, 2.05) is 54.6 Å². The second-order valence-electron chi connectivity index (χ2n) is 5.74. The van der Waals surface area contributed by atoms with E-state index in [4.69, 9.17) is 5.84 Å². The minimum absolute atomic E-state index is 0.191. The molecule has 0 aliphatic carbocycles. The molecule has 0 aliphatic heterocycles. The Hall–Kier alpha value is -3.44. The lowest BCUT2D eigenvalue weighted by atomic mass is 10.0. The molecule has 4 rings (SSSR count). The van der Waals surface area contributed by atoms with Gasteiger partial charge in [-0.25, -0.2) is 5.84 Å². The third-order valence-electron chi connectivity index (χ3n) is 4.33. The minimum Gasteiger partial charge on any atom is -0.290 e. The number of benzene rings is 3. The van der Waals surface area contributed by atoms with Gasteiger partial charge in [-0.15, -0.1) is 0 Å². The lowest BCUT2D eigenvalue weighted by molar-refractivity contribution is 0.0955. The van der Waals surface area contributed by atoms with Crippen molar-refractivity contribution in [3.8, 4) is 0 Å². The van der Waals surface area contributed by atoms with E-state index in [1.54, 1.807) is 12.1 Å². The zero-order valence-electron chi connectivity index (χ0n) is 13.3. The number of para-hydroxylation sites is 1. The average Bonchev–Trinajstić information content (AvgIpc) is 3.06. The molecule has 0 saturated heterocycles. The largest absolute Gasteiger partial charge is 0.290 e. The number of hydrogen-bond acceptors (Lipinski definition) is 3. The van der Waals surface area contributed by atoms with Gasteiger partial charge < -0.3 is 0 Å². The van der Waals surface area contributed by atoms with Crippen LogP contribution in [0.1, 0.15) is 20.7 Å². The van der Waals surface area contributed by atoms with Crippen molar-refractivity contribution >= 4 is 33.5 Å². The number of nitrogen functional groups attached to an aromatic ring is 1. The van der Waals surface area contributed by atoms with Crippen LogP contribution in [-0.2, 0) is 0 Å². The molecule has 0 aliphatic rings. The lowest BCUT2D eigenvalue weighted by Gasteiger charge is -2.07. The summed E-state index contributed by atoms with van der Waals surface area (Å²) in [4.78, 5) is 25.3. The van der Waals surface area contributed by atoms with Gasteiger partial charge in [0.15, 0.2) is 0 Å². The summed E-state index contributed by atoms with van der Waals surface area (Å²) in [6, 6.07) is 20.6. The number of nitrogens with two attached hydrogens (primary N) is 1. The van der Waals surface area contributed by atoms with Crippen molar-refractivity contribution in [2.75, 3.05) is 0 Å². The normalized spacial score (nSPS) is 10.9. The summed E-state index contributed by atoms with van der Waals surface area (Å²) in [7, 11) is 0. The van der Waals surface area contributed by atoms with E-state index in [2.05, 4.69) is 5.43 Å². The summed E-state index contributed by atoms with van der Waals surface area (Å²) in [5.41, 5.74) is 3.75. The first kappa shape index (κ1) is 15.1. The van der Waals surface area contributed by atoms with Crippen LogP contribution in [-0.4, -0.2) is 16.4 Å². The molecule has 0 fully saturated rings. The van der Waals surface area contributed by atoms with E-state index in [-0.39, 0.29) is 5.91 Å². The van der Waals surface area contributed by atoms with Gasteiger partial charge in [-0.1, -0.05) is 54.6 Å². The molecule has 0 bridgehead atoms. The molecule has 3 N–H and O–H groups in total. The highest BCUT2D eigenvalue weighted by Crippen LogP contribution is 2.25. The molecule has 0 atom stereocenters. The monoisotopic (exact) mass is 329 g/mol. The van der Waals surface area contributed by atoms with Gasteiger partial charge in [-0.05, 0) is 22.9 Å². The Bertz CT molecular complexity index is 1120. The van der Waals surface area contributed by atoms with Crippen molar-refractivity contribution in [2.45, 2.75) is 0 Å². The Morgan fingerprint density at radius 3 is 2.28 bits per heavy atom. The Morgan fingerprint density at radius 2 is 1.48 bits per heavy atom. The zero-order valence-corrected chi connectivity index (χ0v) is 13.3. The molecular formula is C20H15N3O2. The maximum atomic E-state index is 13.2. The second-order valence-corrected chi connectivity index (χ2v) is 5.74. The summed E-state index contributed by atoms with van der Waals surface area (Å²) in [6.45, 7) is 0. The molecule has 0 unspecified atom stereocenters. The number of hydrogen-bond donors (Lipinski definition) is 2. The first-order chi connectivity index (χ1) is 12.2. The summed E-state index contributed by atoms with van der Waals surface area (Å²) in [5.74, 6) is 4.65. The fourth-order valence-corrected chi connectivity index (χ4v) is 3.15. The summed E-state index contributed by atoms with van der Waals surface area (Å²) >= 11 is 0. The molecule has 122 valence electrons. The maximum absolute atomic E-state index is 13.2. The van der Waals surface area contributed by atoms with Crippen LogP contribution in [0.3, 0.4) is 0 Å². The third kappa shape index (κ3) is 2.38. The molecule has 0 radical (unpaired) electrons. The molecule has 25 heavy (non-hydrogen) atoms. The predicted octanol–water partition coefficient (Wildman–Crippen LogP) is 3.09. The first-order valence-corrected chi connectivity index (χ1v) is 7.84. The number of aromatic nitrogens is 1. The number of nitrogens with zero attached hydrogens (tertiary/aromatic N) is 1. The molecule has 0 spiro atoms. The highest BCUT2D eigenvalue weighted by Gasteiger charge is 2.19. The molecule has 0 saturated carbocycles. The highest BCUT2D eigenvalue weighted by molar-refractivity contribution is 6.14. The van der Waals surface area contributed by atoms with Crippen LogP contribution in [0.15, 0.2) is 72.9 Å². The van der Waals surface area contributed by atoms with E-state index in [1.165, 1.54) is 10.8 Å². The van der Waals surface area contributed by atoms with Crippen LogP contribution in [0.2, 0.25) is 0 Å². The topological polar surface area (TPSA) is 77.1 Å². The fraction of sp³-hybridized carbons (Fsp3) is 0. The van der Waals surface area contributed by atoms with Crippen LogP contribution in [0.4, 0.5) is 0 Å². The van der Waals surface area contributed by atoms with Gasteiger partial charge in [0.05, 0.1) is 11.1 Å². The Labute approximate surface area is 143 Å². The Morgan fingerprint density at radius 1 is 0.800 bits per heavy atom. The van der Waals surface area contributed by atoms with E-state index < -0.39 is 5.91 Å². The lowest BCUT2D eigenvalue weighted by Crippen LogP contribution is -2.29. The van der Waals surface area contributed by atoms with Crippen molar-refractivity contribution < 1.29 is 9.59 Å². The number of fused-ring (bicyclic) bond motifs is 2. The average molecular weight is 329 g/mol. The van der Waals surface area contributed by atoms with Gasteiger partial charge in [0, 0.05) is 17.1 Å². The number of amides is 1. The van der Waals surface area contributed by atoms with E-state index >= 15 is 0 Å². The Kier molecular flexibility index (Phi) is 3.56. The van der Waals surface area contributed by atoms with Crippen LogP contribution >= 0.6 is 0 Å². The van der Waals surface area contributed by atoms with Crippen molar-refractivity contribution in [1.29, 1.82) is 0 Å². The van der Waals surface area contributed by atoms with Crippen molar-refractivity contribution in [2.24, 2.45) is 5.84 Å². The molecule has 3 aromatic carbocycles. The van der Waals surface area contributed by atoms with Crippen molar-refractivity contribution in [1.82, 2.24) is 9.99 Å². The molecule has 5 heteroatoms. The second kappa shape index (κ2) is 5.89. The van der Waals surface area contributed by atoms with Gasteiger partial charge in [0.1, 0.15) is 0 Å². The van der Waals surface area contributed by atoms with Gasteiger partial charge in [0.2, 0.25) is 0 Å². The number of carbonyl (C=O) groups excluding carboxylic acids is 2. The van der Waals surface area contributed by atoms with Crippen LogP contribution in [0.5, 0.6) is 0 Å². The Balaban J connectivity index is 1.95. The van der Waals surface area contributed by atoms with Gasteiger partial charge in [-0.3, -0.25) is 19.6 Å². The number of carbonyl (C=O) groups is 2. The standard InChI is InChI=1S/C20H15N3O2/c21-22-19(24)17-12-23(18-11-4-3-9-15(17)18)20(25)16-10-5-7-13-6-1-2-8-14(13)16/h1-12H,21H2,(H,22,24). The summed E-state index contributed by atoms with van der Waals surface area (Å²) < 4.78 is 1.50. The molecule has 5 nitrogen and oxygen atoms in total. The number of nitrogens with one attached hydrogen (secondary N) is 1. The molecule has 1 amide bonds. The van der Waals surface area contributed by atoms with E-state index in [0.29, 0.717) is 22.0 Å². The number of rotatable bonds is 2. The van der Waals surface area contributed by atoms with Gasteiger partial charge in [-0.2, -0.15) is 0 Å². The van der Waals surface area contributed by atoms with E-state index in [0.717, 1.165) is 10.8 Å². The highest BCUT2D eigenvalue weighted by atomic mass is 16.2. The van der Waals surface area contributed by atoms with Gasteiger partial charge in [0.25, 0.3) is 11.8 Å². The molecule has 1 aromatic heterocycles.